The van der Waals surface area contributed by atoms with Crippen LogP contribution in [0.1, 0.15) is 22.3 Å². The topological polar surface area (TPSA) is 79.4 Å². The van der Waals surface area contributed by atoms with Crippen LogP contribution in [0.5, 0.6) is 0 Å². The van der Waals surface area contributed by atoms with Crippen molar-refractivity contribution in [2.75, 3.05) is 23.9 Å². The fourth-order valence-corrected chi connectivity index (χ4v) is 4.64. The second kappa shape index (κ2) is 7.41. The molecule has 1 aliphatic rings. The number of carbonyl (C=O) groups is 1. The summed E-state index contributed by atoms with van der Waals surface area (Å²) in [5.74, 6) is 0.204. The lowest BCUT2D eigenvalue weighted by Crippen LogP contribution is -2.37. The van der Waals surface area contributed by atoms with Crippen LogP contribution in [0.3, 0.4) is 0 Å². The molecule has 6 nitrogen and oxygen atoms in total. The summed E-state index contributed by atoms with van der Waals surface area (Å²) >= 11 is 0. The van der Waals surface area contributed by atoms with Gasteiger partial charge in [-0.2, -0.15) is 0 Å². The van der Waals surface area contributed by atoms with Gasteiger partial charge in [-0.05, 0) is 36.2 Å². The van der Waals surface area contributed by atoms with Gasteiger partial charge in [-0.25, -0.2) is 17.8 Å². The van der Waals surface area contributed by atoms with Crippen molar-refractivity contribution in [3.63, 3.8) is 0 Å². The maximum atomic E-state index is 12.9. The van der Waals surface area contributed by atoms with Gasteiger partial charge in [-0.3, -0.25) is 4.79 Å². The van der Waals surface area contributed by atoms with Crippen LogP contribution in [-0.2, 0) is 16.4 Å². The number of rotatable bonds is 5. The SMILES string of the molecule is CN(C(=O)c1ccc(NCc2ccc(F)cc2)nc1)C1CCS(=O)(=O)C1. The monoisotopic (exact) mass is 377 g/mol. The van der Waals surface area contributed by atoms with Crippen molar-refractivity contribution in [2.24, 2.45) is 0 Å². The van der Waals surface area contributed by atoms with Crippen molar-refractivity contribution in [1.82, 2.24) is 9.88 Å². The number of anilines is 1. The van der Waals surface area contributed by atoms with E-state index in [0.717, 1.165) is 5.56 Å². The highest BCUT2D eigenvalue weighted by Crippen LogP contribution is 2.19. The van der Waals surface area contributed by atoms with Crippen LogP contribution < -0.4 is 5.32 Å². The third-order valence-corrected chi connectivity index (χ3v) is 6.22. The molecular weight excluding hydrogens is 357 g/mol. The predicted octanol–water partition coefficient (Wildman–Crippen LogP) is 2.09. The molecule has 1 amide bonds. The summed E-state index contributed by atoms with van der Waals surface area (Å²) < 4.78 is 36.0. The molecule has 1 fully saturated rings. The molecule has 0 spiro atoms. The zero-order chi connectivity index (χ0) is 18.7. The Bertz CT molecular complexity index is 883. The van der Waals surface area contributed by atoms with Crippen molar-refractivity contribution >= 4 is 21.6 Å². The van der Waals surface area contributed by atoms with Gasteiger partial charge in [0.15, 0.2) is 9.84 Å². The maximum Gasteiger partial charge on any atom is 0.255 e. The average molecular weight is 377 g/mol. The highest BCUT2D eigenvalue weighted by molar-refractivity contribution is 7.91. The van der Waals surface area contributed by atoms with Gasteiger partial charge in [-0.1, -0.05) is 12.1 Å². The predicted molar refractivity (Wildman–Crippen MR) is 97.1 cm³/mol. The minimum Gasteiger partial charge on any atom is -0.366 e. The zero-order valence-electron chi connectivity index (χ0n) is 14.4. The summed E-state index contributed by atoms with van der Waals surface area (Å²) in [5, 5.41) is 3.10. The van der Waals surface area contributed by atoms with Gasteiger partial charge in [0.1, 0.15) is 11.6 Å². The Kier molecular flexibility index (Phi) is 5.22. The van der Waals surface area contributed by atoms with Crippen LogP contribution in [0.4, 0.5) is 10.2 Å². The van der Waals surface area contributed by atoms with Crippen LogP contribution in [0.15, 0.2) is 42.6 Å². The normalized spacial score (nSPS) is 18.5. The molecule has 1 aliphatic heterocycles. The number of sulfone groups is 1. The number of nitrogens with one attached hydrogen (secondary N) is 1. The Hall–Kier alpha value is -2.48. The number of hydrogen-bond acceptors (Lipinski definition) is 5. The molecule has 1 aromatic carbocycles. The summed E-state index contributed by atoms with van der Waals surface area (Å²) in [6.45, 7) is 0.487. The van der Waals surface area contributed by atoms with E-state index in [4.69, 9.17) is 0 Å². The molecule has 8 heteroatoms. The fraction of sp³-hybridized carbons (Fsp3) is 0.333. The first-order chi connectivity index (χ1) is 12.3. The molecule has 2 heterocycles. The van der Waals surface area contributed by atoms with E-state index in [1.807, 2.05) is 0 Å². The van der Waals surface area contributed by atoms with Crippen LogP contribution in [0.2, 0.25) is 0 Å². The number of amides is 1. The first-order valence-corrected chi connectivity index (χ1v) is 10.1. The number of nitrogens with zero attached hydrogens (tertiary/aromatic N) is 2. The molecule has 2 aromatic rings. The number of halogens is 1. The lowest BCUT2D eigenvalue weighted by atomic mass is 10.2. The van der Waals surface area contributed by atoms with Gasteiger partial charge in [0.2, 0.25) is 0 Å². The van der Waals surface area contributed by atoms with E-state index in [-0.39, 0.29) is 29.3 Å². The van der Waals surface area contributed by atoms with Crippen molar-refractivity contribution in [1.29, 1.82) is 0 Å². The fourth-order valence-electron chi connectivity index (χ4n) is 2.87. The van der Waals surface area contributed by atoms with Crippen LogP contribution in [0.25, 0.3) is 0 Å². The molecule has 26 heavy (non-hydrogen) atoms. The average Bonchev–Trinajstić information content (AvgIpc) is 3.00. The Morgan fingerprint density at radius 2 is 2.00 bits per heavy atom. The van der Waals surface area contributed by atoms with Crippen molar-refractivity contribution in [3.05, 3.63) is 59.5 Å². The number of hydrogen-bond donors (Lipinski definition) is 1. The number of pyridine rings is 1. The van der Waals surface area contributed by atoms with Crippen LogP contribution in [-0.4, -0.2) is 48.8 Å². The van der Waals surface area contributed by atoms with E-state index in [1.165, 1.54) is 23.2 Å². The highest BCUT2D eigenvalue weighted by atomic mass is 32.2. The van der Waals surface area contributed by atoms with E-state index < -0.39 is 9.84 Å². The van der Waals surface area contributed by atoms with E-state index in [2.05, 4.69) is 10.3 Å². The van der Waals surface area contributed by atoms with Crippen molar-refractivity contribution in [3.8, 4) is 0 Å². The third-order valence-electron chi connectivity index (χ3n) is 4.47. The van der Waals surface area contributed by atoms with Gasteiger partial charge < -0.3 is 10.2 Å². The molecule has 0 radical (unpaired) electrons. The molecule has 1 saturated heterocycles. The lowest BCUT2D eigenvalue weighted by Gasteiger charge is -2.23. The summed E-state index contributed by atoms with van der Waals surface area (Å²) in [5.41, 5.74) is 1.32. The Morgan fingerprint density at radius 3 is 2.58 bits per heavy atom. The van der Waals surface area contributed by atoms with Gasteiger partial charge in [-0.15, -0.1) is 0 Å². The molecule has 1 unspecified atom stereocenters. The summed E-state index contributed by atoms with van der Waals surface area (Å²) in [7, 11) is -1.42. The third kappa shape index (κ3) is 4.37. The molecule has 1 N–H and O–H groups in total. The molecular formula is C18H20FN3O3S. The number of aromatic nitrogens is 1. The molecule has 1 atom stereocenters. The summed E-state index contributed by atoms with van der Waals surface area (Å²) in [6, 6.07) is 9.22. The Labute approximate surface area is 152 Å². The number of carbonyl (C=O) groups excluding carboxylic acids is 1. The van der Waals surface area contributed by atoms with Crippen LogP contribution in [0, 0.1) is 5.82 Å². The zero-order valence-corrected chi connectivity index (χ0v) is 15.2. The molecule has 0 saturated carbocycles. The van der Waals surface area contributed by atoms with Gasteiger partial charge in [0, 0.05) is 25.8 Å². The second-order valence-electron chi connectivity index (χ2n) is 6.39. The van der Waals surface area contributed by atoms with Crippen molar-refractivity contribution < 1.29 is 17.6 Å². The molecule has 3 rings (SSSR count). The van der Waals surface area contributed by atoms with Gasteiger partial charge in [0.25, 0.3) is 5.91 Å². The summed E-state index contributed by atoms with van der Waals surface area (Å²) in [6.07, 6.45) is 1.94. The molecule has 138 valence electrons. The second-order valence-corrected chi connectivity index (χ2v) is 8.61. The Morgan fingerprint density at radius 1 is 1.27 bits per heavy atom. The van der Waals surface area contributed by atoms with Gasteiger partial charge in [0.05, 0.1) is 17.1 Å². The minimum absolute atomic E-state index is 0.0139. The van der Waals surface area contributed by atoms with E-state index in [0.29, 0.717) is 24.3 Å². The first kappa shape index (κ1) is 18.3. The van der Waals surface area contributed by atoms with E-state index in [1.54, 1.807) is 31.3 Å². The van der Waals surface area contributed by atoms with E-state index >= 15 is 0 Å². The standard InChI is InChI=1S/C18H20FN3O3S/c1-22(16-8-9-26(24,25)12-16)18(23)14-4-7-17(21-11-14)20-10-13-2-5-15(19)6-3-13/h2-7,11,16H,8-10,12H2,1H3,(H,20,21). The largest absolute Gasteiger partial charge is 0.366 e. The highest BCUT2D eigenvalue weighted by Gasteiger charge is 2.33. The molecule has 0 bridgehead atoms. The van der Waals surface area contributed by atoms with Crippen LogP contribution >= 0.6 is 0 Å². The van der Waals surface area contributed by atoms with Crippen molar-refractivity contribution in [2.45, 2.75) is 19.0 Å². The smallest absolute Gasteiger partial charge is 0.255 e. The Balaban J connectivity index is 1.59. The molecule has 1 aromatic heterocycles. The summed E-state index contributed by atoms with van der Waals surface area (Å²) in [4.78, 5) is 18.2. The number of benzene rings is 1. The molecule has 0 aliphatic carbocycles. The minimum atomic E-state index is -3.04. The maximum absolute atomic E-state index is 12.9. The first-order valence-electron chi connectivity index (χ1n) is 8.26. The quantitative estimate of drug-likeness (QED) is 0.863. The van der Waals surface area contributed by atoms with Gasteiger partial charge >= 0.3 is 0 Å². The van der Waals surface area contributed by atoms with E-state index in [9.17, 15) is 17.6 Å². The lowest BCUT2D eigenvalue weighted by molar-refractivity contribution is 0.0747.